The topological polar surface area (TPSA) is 164 Å². The molecule has 6 atom stereocenters. The predicted octanol–water partition coefficient (Wildman–Crippen LogP) is 0.317. The van der Waals surface area contributed by atoms with Crippen LogP contribution in [0.2, 0.25) is 0 Å². The van der Waals surface area contributed by atoms with Crippen LogP contribution in [0.25, 0.3) is 0 Å². The van der Waals surface area contributed by atoms with E-state index in [1.54, 1.807) is 20.8 Å². The van der Waals surface area contributed by atoms with Crippen molar-refractivity contribution < 1.29 is 33.0 Å². The number of aromatic nitrogens is 2. The third kappa shape index (κ3) is 4.58. The van der Waals surface area contributed by atoms with Gasteiger partial charge in [-0.05, 0) is 40.7 Å². The highest BCUT2D eigenvalue weighted by atomic mass is 31.2. The second-order valence-corrected chi connectivity index (χ2v) is 10.2. The molecule has 30 heavy (non-hydrogen) atoms. The monoisotopic (exact) mass is 446 g/mol. The first-order valence-electron chi connectivity index (χ1n) is 9.38. The second kappa shape index (κ2) is 7.70. The van der Waals surface area contributed by atoms with Crippen LogP contribution in [0.4, 0.5) is 5.82 Å². The molecule has 4 N–H and O–H groups in total. The van der Waals surface area contributed by atoms with Crippen molar-refractivity contribution in [2.24, 2.45) is 0 Å². The molecule has 0 unspecified atom stereocenters. The number of carbonyl (C=O) groups is 1. The fourth-order valence-corrected chi connectivity index (χ4v) is 5.01. The van der Waals surface area contributed by atoms with Crippen LogP contribution in [0.5, 0.6) is 0 Å². The highest BCUT2D eigenvalue weighted by molar-refractivity contribution is 7.51. The van der Waals surface area contributed by atoms with Crippen LogP contribution in [-0.2, 0) is 27.9 Å². The summed E-state index contributed by atoms with van der Waals surface area (Å²) in [7, 11) is -3.99. The van der Waals surface area contributed by atoms with Crippen LogP contribution in [0.15, 0.2) is 17.1 Å². The summed E-state index contributed by atoms with van der Waals surface area (Å²) in [6, 6.07) is 0.383. The number of anilines is 1. The summed E-state index contributed by atoms with van der Waals surface area (Å²) >= 11 is 0. The first-order valence-corrected chi connectivity index (χ1v) is 10.9. The third-order valence-corrected chi connectivity index (χ3v) is 6.29. The summed E-state index contributed by atoms with van der Waals surface area (Å²) in [6.45, 7) is 7.77. The highest BCUT2D eigenvalue weighted by Crippen LogP contribution is 2.55. The summed E-state index contributed by atoms with van der Waals surface area (Å²) in [5.74, 6) is -0.616. The number of rotatable bonds is 4. The van der Waals surface area contributed by atoms with E-state index >= 15 is 0 Å². The molecule has 13 heteroatoms. The zero-order valence-electron chi connectivity index (χ0n) is 17.4. The van der Waals surface area contributed by atoms with Crippen LogP contribution >= 0.6 is 7.75 Å². The van der Waals surface area contributed by atoms with Crippen molar-refractivity contribution in [1.82, 2.24) is 14.6 Å². The number of nitrogens with two attached hydrogens (primary N) is 1. The summed E-state index contributed by atoms with van der Waals surface area (Å²) in [5, 5.41) is 13.6. The Labute approximate surface area is 173 Å². The Morgan fingerprint density at radius 3 is 2.80 bits per heavy atom. The van der Waals surface area contributed by atoms with E-state index in [1.165, 1.54) is 26.1 Å². The van der Waals surface area contributed by atoms with Gasteiger partial charge in [-0.15, -0.1) is 0 Å². The molecule has 3 heterocycles. The molecule has 0 saturated carbocycles. The zero-order valence-corrected chi connectivity index (χ0v) is 18.3. The molecular formula is C17H27N4O8P. The molecule has 0 bridgehead atoms. The lowest BCUT2D eigenvalue weighted by molar-refractivity contribution is -0.156. The van der Waals surface area contributed by atoms with Gasteiger partial charge in [0.1, 0.15) is 35.3 Å². The molecule has 0 amide bonds. The Morgan fingerprint density at radius 1 is 1.53 bits per heavy atom. The van der Waals surface area contributed by atoms with Crippen molar-refractivity contribution in [3.63, 3.8) is 0 Å². The van der Waals surface area contributed by atoms with Gasteiger partial charge < -0.3 is 20.3 Å². The van der Waals surface area contributed by atoms with Crippen molar-refractivity contribution in [3.05, 3.63) is 22.7 Å². The molecule has 2 aliphatic heterocycles. The van der Waals surface area contributed by atoms with Crippen LogP contribution < -0.4 is 16.5 Å². The molecule has 2 saturated heterocycles. The first-order chi connectivity index (χ1) is 13.7. The number of aliphatic hydroxyl groups is 1. The van der Waals surface area contributed by atoms with Crippen molar-refractivity contribution in [3.8, 4) is 0 Å². The molecule has 0 spiro atoms. The first kappa shape index (κ1) is 22.9. The summed E-state index contributed by atoms with van der Waals surface area (Å²) in [4.78, 5) is 28.0. The molecular weight excluding hydrogens is 419 g/mol. The van der Waals surface area contributed by atoms with E-state index in [1.807, 2.05) is 0 Å². The summed E-state index contributed by atoms with van der Waals surface area (Å²) < 4.78 is 36.0. The van der Waals surface area contributed by atoms with Gasteiger partial charge in [-0.25, -0.2) is 14.4 Å². The number of nitrogen functional groups attached to an aromatic ring is 1. The summed E-state index contributed by atoms with van der Waals surface area (Å²) in [6.07, 6.45) is -1.75. The smallest absolute Gasteiger partial charge is 0.406 e. The normalized spacial score (nSPS) is 34.9. The number of esters is 1. The summed E-state index contributed by atoms with van der Waals surface area (Å²) in [5.41, 5.74) is 2.29. The number of ether oxygens (including phenoxy) is 2. The fraction of sp³-hybridized carbons (Fsp3) is 0.706. The van der Waals surface area contributed by atoms with Gasteiger partial charge >= 0.3 is 19.4 Å². The van der Waals surface area contributed by atoms with Crippen LogP contribution in [0.1, 0.15) is 40.8 Å². The molecule has 168 valence electrons. The van der Waals surface area contributed by atoms with Gasteiger partial charge in [0.15, 0.2) is 6.23 Å². The van der Waals surface area contributed by atoms with Gasteiger partial charge in [0.05, 0.1) is 6.61 Å². The Hall–Kier alpha value is -1.82. The van der Waals surface area contributed by atoms with Crippen molar-refractivity contribution in [2.75, 3.05) is 12.3 Å². The molecule has 1 aromatic heterocycles. The minimum absolute atomic E-state index is 0.0238. The van der Waals surface area contributed by atoms with E-state index in [9.17, 15) is 19.3 Å². The van der Waals surface area contributed by atoms with Crippen molar-refractivity contribution in [1.29, 1.82) is 0 Å². The van der Waals surface area contributed by atoms with Crippen LogP contribution in [0.3, 0.4) is 0 Å². The van der Waals surface area contributed by atoms with Gasteiger partial charge in [0, 0.05) is 6.20 Å². The van der Waals surface area contributed by atoms with E-state index in [2.05, 4.69) is 10.1 Å². The average Bonchev–Trinajstić information content (AvgIpc) is 2.84. The molecule has 2 fully saturated rings. The average molecular weight is 446 g/mol. The molecule has 0 aromatic carbocycles. The number of fused-ring (bicyclic) bond motifs is 1. The lowest BCUT2D eigenvalue weighted by Gasteiger charge is -2.36. The molecule has 3 rings (SSSR count). The van der Waals surface area contributed by atoms with E-state index in [4.69, 9.17) is 24.3 Å². The Balaban J connectivity index is 1.77. The molecule has 2 aliphatic rings. The van der Waals surface area contributed by atoms with Gasteiger partial charge in [0.25, 0.3) is 0 Å². The van der Waals surface area contributed by atoms with E-state index in [0.717, 1.165) is 4.57 Å². The van der Waals surface area contributed by atoms with E-state index in [0.29, 0.717) is 0 Å². The Kier molecular flexibility index (Phi) is 5.87. The van der Waals surface area contributed by atoms with Gasteiger partial charge in [-0.3, -0.25) is 18.4 Å². The fourth-order valence-electron chi connectivity index (χ4n) is 3.24. The highest BCUT2D eigenvalue weighted by Gasteiger charge is 2.60. The molecule has 0 radical (unpaired) electrons. The number of hydrogen-bond donors (Lipinski definition) is 3. The van der Waals surface area contributed by atoms with Gasteiger partial charge in [0.2, 0.25) is 0 Å². The van der Waals surface area contributed by atoms with E-state index < -0.39 is 55.1 Å². The van der Waals surface area contributed by atoms with Crippen LogP contribution in [-0.4, -0.2) is 56.7 Å². The van der Waals surface area contributed by atoms with Crippen molar-refractivity contribution in [2.45, 2.75) is 70.3 Å². The minimum atomic E-state index is -3.99. The molecule has 1 aromatic rings. The minimum Gasteiger partial charge on any atom is -0.459 e. The van der Waals surface area contributed by atoms with E-state index in [-0.39, 0.29) is 12.4 Å². The zero-order chi connectivity index (χ0) is 22.5. The third-order valence-electron chi connectivity index (χ3n) is 4.59. The lowest BCUT2D eigenvalue weighted by atomic mass is 9.96. The maximum Gasteiger partial charge on any atom is 0.406 e. The number of hydrogen-bond acceptors (Lipinski definition) is 10. The maximum absolute atomic E-state index is 13.1. The molecule has 0 aliphatic carbocycles. The Bertz CT molecular complexity index is 927. The SMILES string of the molecule is C[C@H](N[P@]1(=O)OC[C@H]2O[C@@H](n3ccc(N)nc3=O)[C@](C)(O)[C@@H]2O1)C(=O)OC(C)(C)C. The standard InChI is InChI=1S/C17H27N4O8P/c1-9(13(22)28-16(2,3)4)20-30(25)26-8-10-12(29-30)17(5,24)14(27-10)21-7-6-11(18)19-15(21)23/h6-7,9-10,12,14,24H,8H2,1-5H3,(H,20,25)(H2,18,19,23)/t9-,10+,12+,14+,17+,30-/m0/s1. The van der Waals surface area contributed by atoms with Gasteiger partial charge in [-0.2, -0.15) is 4.98 Å². The number of nitrogens with one attached hydrogen (secondary N) is 1. The Morgan fingerprint density at radius 2 is 2.20 bits per heavy atom. The predicted molar refractivity (Wildman–Crippen MR) is 104 cm³/mol. The van der Waals surface area contributed by atoms with Gasteiger partial charge in [-0.1, -0.05) is 0 Å². The second-order valence-electron chi connectivity index (χ2n) is 8.50. The number of nitrogens with zero attached hydrogens (tertiary/aromatic N) is 2. The quantitative estimate of drug-likeness (QED) is 0.431. The lowest BCUT2D eigenvalue weighted by Crippen LogP contribution is -2.50. The van der Waals surface area contributed by atoms with Crippen LogP contribution in [0, 0.1) is 0 Å². The maximum atomic E-state index is 13.1. The van der Waals surface area contributed by atoms with Crippen molar-refractivity contribution >= 4 is 19.5 Å². The number of carbonyl (C=O) groups excluding carboxylic acids is 1. The molecule has 12 nitrogen and oxygen atoms in total. The largest absolute Gasteiger partial charge is 0.459 e.